The number of ether oxygens (including phenoxy) is 1. The molecule has 134 valence electrons. The van der Waals surface area contributed by atoms with Gasteiger partial charge < -0.3 is 9.84 Å². The highest BCUT2D eigenvalue weighted by Crippen LogP contribution is 2.26. The Bertz CT molecular complexity index is 726. The highest BCUT2D eigenvalue weighted by Gasteiger charge is 2.30. The number of methoxy groups -OCH3 is 1. The molecule has 1 N–H and O–H groups in total. The molecule has 2 heterocycles. The fourth-order valence-corrected chi connectivity index (χ4v) is 3.81. The quantitative estimate of drug-likeness (QED) is 0.852. The third kappa shape index (κ3) is 4.36. The topological polar surface area (TPSA) is 65.9 Å². The standard InChI is InChI=1S/C18H23N3O3S/c1-13-19-15(12-25-13)11-20-6-8-21(9-7-20)17(18(22)23)14-4-3-5-16(10-14)24-2/h3-5,10,12,17H,6-9,11H2,1-2H3,(H,22,23)/t17-/m0/s1. The van der Waals surface area contributed by atoms with E-state index in [-0.39, 0.29) is 0 Å². The largest absolute Gasteiger partial charge is 0.497 e. The number of thiazole rings is 1. The summed E-state index contributed by atoms with van der Waals surface area (Å²) in [7, 11) is 1.59. The van der Waals surface area contributed by atoms with E-state index in [4.69, 9.17) is 4.74 Å². The number of rotatable bonds is 6. The second-order valence-electron chi connectivity index (χ2n) is 6.19. The number of aryl methyl sites for hydroxylation is 1. The van der Waals surface area contributed by atoms with Crippen molar-refractivity contribution < 1.29 is 14.6 Å². The van der Waals surface area contributed by atoms with Gasteiger partial charge in [-0.2, -0.15) is 0 Å². The Labute approximate surface area is 151 Å². The van der Waals surface area contributed by atoms with Crippen LogP contribution < -0.4 is 4.74 Å². The van der Waals surface area contributed by atoms with Crippen LogP contribution in [0.1, 0.15) is 22.3 Å². The third-order valence-electron chi connectivity index (χ3n) is 4.47. The number of carboxylic acids is 1. The van der Waals surface area contributed by atoms with Crippen LogP contribution in [0.5, 0.6) is 5.75 Å². The normalized spacial score (nSPS) is 17.4. The SMILES string of the molecule is COc1cccc([C@@H](C(=O)O)N2CCN(Cc3csc(C)n3)CC2)c1. The summed E-state index contributed by atoms with van der Waals surface area (Å²) in [5.74, 6) is -0.141. The Kier molecular flexibility index (Phi) is 5.67. The molecule has 1 atom stereocenters. The average Bonchev–Trinajstić information content (AvgIpc) is 3.01. The predicted molar refractivity (Wildman–Crippen MR) is 97.1 cm³/mol. The van der Waals surface area contributed by atoms with Gasteiger partial charge in [-0.25, -0.2) is 4.98 Å². The van der Waals surface area contributed by atoms with Crippen LogP contribution in [0.2, 0.25) is 0 Å². The van der Waals surface area contributed by atoms with Gasteiger partial charge in [-0.15, -0.1) is 11.3 Å². The molecule has 0 saturated carbocycles. The van der Waals surface area contributed by atoms with Crippen LogP contribution >= 0.6 is 11.3 Å². The summed E-state index contributed by atoms with van der Waals surface area (Å²) >= 11 is 1.67. The molecule has 0 bridgehead atoms. The molecule has 2 aromatic rings. The molecule has 1 aliphatic rings. The fourth-order valence-electron chi connectivity index (χ4n) is 3.21. The number of nitrogens with zero attached hydrogens (tertiary/aromatic N) is 3. The summed E-state index contributed by atoms with van der Waals surface area (Å²) in [5.41, 5.74) is 1.86. The lowest BCUT2D eigenvalue weighted by Crippen LogP contribution is -2.48. The number of carboxylic acid groups (broad SMARTS) is 1. The second kappa shape index (κ2) is 7.95. The molecule has 0 radical (unpaired) electrons. The number of piperazine rings is 1. The summed E-state index contributed by atoms with van der Waals surface area (Å²) in [6, 6.07) is 6.69. The lowest BCUT2D eigenvalue weighted by Gasteiger charge is -2.37. The van der Waals surface area contributed by atoms with Crippen LogP contribution in [-0.4, -0.2) is 59.1 Å². The van der Waals surface area contributed by atoms with Gasteiger partial charge in [0, 0.05) is 38.1 Å². The van der Waals surface area contributed by atoms with Crippen molar-refractivity contribution in [1.29, 1.82) is 0 Å². The van der Waals surface area contributed by atoms with Crippen molar-refractivity contribution in [2.75, 3.05) is 33.3 Å². The average molecular weight is 361 g/mol. The molecule has 0 unspecified atom stereocenters. The number of hydrogen-bond acceptors (Lipinski definition) is 6. The van der Waals surface area contributed by atoms with E-state index < -0.39 is 12.0 Å². The van der Waals surface area contributed by atoms with Gasteiger partial charge >= 0.3 is 5.97 Å². The summed E-state index contributed by atoms with van der Waals surface area (Å²) in [5, 5.41) is 12.9. The number of carbonyl (C=O) groups is 1. The molecular weight excluding hydrogens is 338 g/mol. The van der Waals surface area contributed by atoms with Crippen molar-refractivity contribution in [2.45, 2.75) is 19.5 Å². The maximum atomic E-state index is 11.9. The first kappa shape index (κ1) is 17.8. The van der Waals surface area contributed by atoms with Gasteiger partial charge in [0.15, 0.2) is 0 Å². The number of aliphatic carboxylic acids is 1. The molecular formula is C18H23N3O3S. The zero-order chi connectivity index (χ0) is 17.8. The first-order chi connectivity index (χ1) is 12.1. The van der Waals surface area contributed by atoms with E-state index in [0.717, 1.165) is 49.0 Å². The van der Waals surface area contributed by atoms with E-state index >= 15 is 0 Å². The van der Waals surface area contributed by atoms with Crippen LogP contribution in [0.4, 0.5) is 0 Å². The summed E-state index contributed by atoms with van der Waals surface area (Å²) < 4.78 is 5.23. The second-order valence-corrected chi connectivity index (χ2v) is 7.25. The minimum absolute atomic E-state index is 0.640. The molecule has 3 rings (SSSR count). The minimum Gasteiger partial charge on any atom is -0.497 e. The molecule has 1 aromatic heterocycles. The molecule has 1 fully saturated rings. The van der Waals surface area contributed by atoms with Gasteiger partial charge in [-0.1, -0.05) is 12.1 Å². The van der Waals surface area contributed by atoms with E-state index in [9.17, 15) is 9.90 Å². The minimum atomic E-state index is -0.822. The maximum absolute atomic E-state index is 11.9. The van der Waals surface area contributed by atoms with Crippen LogP contribution in [0.3, 0.4) is 0 Å². The molecule has 0 spiro atoms. The molecule has 0 amide bonds. The van der Waals surface area contributed by atoms with Crippen molar-refractivity contribution in [3.8, 4) is 5.75 Å². The van der Waals surface area contributed by atoms with Crippen molar-refractivity contribution in [3.05, 3.63) is 45.9 Å². The Balaban J connectivity index is 1.65. The molecule has 1 saturated heterocycles. The monoisotopic (exact) mass is 361 g/mol. The highest BCUT2D eigenvalue weighted by atomic mass is 32.1. The van der Waals surface area contributed by atoms with Crippen LogP contribution in [0, 0.1) is 6.92 Å². The van der Waals surface area contributed by atoms with E-state index in [1.54, 1.807) is 18.4 Å². The van der Waals surface area contributed by atoms with Gasteiger partial charge in [-0.3, -0.25) is 14.6 Å². The smallest absolute Gasteiger partial charge is 0.325 e. The first-order valence-corrected chi connectivity index (χ1v) is 9.19. The molecule has 0 aliphatic carbocycles. The van der Waals surface area contributed by atoms with Crippen molar-refractivity contribution in [2.24, 2.45) is 0 Å². The van der Waals surface area contributed by atoms with Crippen LogP contribution in [-0.2, 0) is 11.3 Å². The van der Waals surface area contributed by atoms with E-state index in [1.165, 1.54) is 0 Å². The lowest BCUT2D eigenvalue weighted by atomic mass is 10.0. The lowest BCUT2D eigenvalue weighted by molar-refractivity contribution is -0.144. The Morgan fingerprint density at radius 2 is 2.12 bits per heavy atom. The van der Waals surface area contributed by atoms with Crippen LogP contribution in [0.25, 0.3) is 0 Å². The summed E-state index contributed by atoms with van der Waals surface area (Å²) in [6.45, 7) is 5.95. The summed E-state index contributed by atoms with van der Waals surface area (Å²) in [6.07, 6.45) is 0. The molecule has 1 aliphatic heterocycles. The van der Waals surface area contributed by atoms with Crippen molar-refractivity contribution >= 4 is 17.3 Å². The zero-order valence-corrected chi connectivity index (χ0v) is 15.3. The van der Waals surface area contributed by atoms with Gasteiger partial charge in [0.2, 0.25) is 0 Å². The Morgan fingerprint density at radius 1 is 1.36 bits per heavy atom. The number of hydrogen-bond donors (Lipinski definition) is 1. The van der Waals surface area contributed by atoms with Gasteiger partial charge in [0.25, 0.3) is 0 Å². The fraction of sp³-hybridized carbons (Fsp3) is 0.444. The first-order valence-electron chi connectivity index (χ1n) is 8.31. The number of benzene rings is 1. The van der Waals surface area contributed by atoms with Gasteiger partial charge in [0.05, 0.1) is 17.8 Å². The Hall–Kier alpha value is -1.96. The van der Waals surface area contributed by atoms with Gasteiger partial charge in [-0.05, 0) is 24.6 Å². The summed E-state index contributed by atoms with van der Waals surface area (Å²) in [4.78, 5) is 20.7. The van der Waals surface area contributed by atoms with E-state index in [1.807, 2.05) is 36.1 Å². The zero-order valence-electron chi connectivity index (χ0n) is 14.5. The van der Waals surface area contributed by atoms with Crippen molar-refractivity contribution in [1.82, 2.24) is 14.8 Å². The predicted octanol–water partition coefficient (Wildman–Crippen LogP) is 2.40. The van der Waals surface area contributed by atoms with E-state index in [0.29, 0.717) is 5.75 Å². The van der Waals surface area contributed by atoms with Crippen molar-refractivity contribution in [3.63, 3.8) is 0 Å². The highest BCUT2D eigenvalue weighted by molar-refractivity contribution is 7.09. The number of aromatic nitrogens is 1. The van der Waals surface area contributed by atoms with Crippen LogP contribution in [0.15, 0.2) is 29.6 Å². The molecule has 25 heavy (non-hydrogen) atoms. The van der Waals surface area contributed by atoms with Gasteiger partial charge in [0.1, 0.15) is 11.8 Å². The third-order valence-corrected chi connectivity index (χ3v) is 5.29. The molecule has 1 aromatic carbocycles. The molecule has 6 nitrogen and oxygen atoms in total. The van der Waals surface area contributed by atoms with E-state index in [2.05, 4.69) is 15.3 Å². The molecule has 7 heteroatoms. The maximum Gasteiger partial charge on any atom is 0.325 e. The Morgan fingerprint density at radius 3 is 2.72 bits per heavy atom.